The molecule has 0 spiro atoms. The van der Waals surface area contributed by atoms with Crippen LogP contribution < -0.4 is 4.90 Å². The van der Waals surface area contributed by atoms with Gasteiger partial charge in [-0.25, -0.2) is 0 Å². The number of anilines is 1. The molecule has 7 nitrogen and oxygen atoms in total. The molecule has 0 bridgehead atoms. The van der Waals surface area contributed by atoms with E-state index in [2.05, 4.69) is 10.1 Å². The third-order valence-corrected chi connectivity index (χ3v) is 4.76. The predicted molar refractivity (Wildman–Crippen MR) is 99.3 cm³/mol. The van der Waals surface area contributed by atoms with Gasteiger partial charge in [0.15, 0.2) is 11.6 Å². The first-order valence-electron chi connectivity index (χ1n) is 9.17. The standard InChI is InChI=1S/C20H25N3O4/c1-19(2,3)17-21-16(27-22-17)11-7-10-15(24)20(26)12-13-23(18(20)25)14-8-5-4-6-9-14/h4-6,8-9,26H,7,10-13H2,1-3H3/t20-/m0/s1. The molecule has 1 aromatic carbocycles. The number of aliphatic hydroxyl groups is 1. The lowest BCUT2D eigenvalue weighted by Gasteiger charge is -2.21. The minimum Gasteiger partial charge on any atom is -0.373 e. The number of hydrogen-bond donors (Lipinski definition) is 1. The molecular weight excluding hydrogens is 346 g/mol. The zero-order valence-electron chi connectivity index (χ0n) is 15.9. The summed E-state index contributed by atoms with van der Waals surface area (Å²) in [6, 6.07) is 9.06. The Morgan fingerprint density at radius 2 is 2.00 bits per heavy atom. The number of hydrogen-bond acceptors (Lipinski definition) is 6. The Bertz CT molecular complexity index is 825. The van der Waals surface area contributed by atoms with Crippen LogP contribution in [0.25, 0.3) is 0 Å². The Kier molecular flexibility index (Phi) is 5.15. The lowest BCUT2D eigenvalue weighted by molar-refractivity contribution is -0.147. The number of aromatic nitrogens is 2. The number of para-hydroxylation sites is 1. The first-order valence-corrected chi connectivity index (χ1v) is 9.17. The van der Waals surface area contributed by atoms with E-state index in [9.17, 15) is 14.7 Å². The molecule has 27 heavy (non-hydrogen) atoms. The highest BCUT2D eigenvalue weighted by atomic mass is 16.5. The van der Waals surface area contributed by atoms with Gasteiger partial charge in [-0.1, -0.05) is 44.1 Å². The van der Waals surface area contributed by atoms with Gasteiger partial charge in [-0.15, -0.1) is 0 Å². The number of carbonyl (C=O) groups excluding carboxylic acids is 2. The molecule has 0 saturated carbocycles. The second kappa shape index (κ2) is 7.23. The van der Waals surface area contributed by atoms with E-state index in [1.807, 2.05) is 39.0 Å². The van der Waals surface area contributed by atoms with Crippen molar-refractivity contribution in [2.24, 2.45) is 0 Å². The van der Waals surface area contributed by atoms with Gasteiger partial charge in [0, 0.05) is 36.9 Å². The summed E-state index contributed by atoms with van der Waals surface area (Å²) in [5.41, 5.74) is -1.46. The smallest absolute Gasteiger partial charge is 0.266 e. The number of Topliss-reactive ketones (excluding diaryl/α,β-unsaturated/α-hetero) is 1. The minimum absolute atomic E-state index is 0.0814. The summed E-state index contributed by atoms with van der Waals surface area (Å²) >= 11 is 0. The van der Waals surface area contributed by atoms with Crippen molar-refractivity contribution < 1.29 is 19.2 Å². The summed E-state index contributed by atoms with van der Waals surface area (Å²) < 4.78 is 5.21. The fraction of sp³-hybridized carbons (Fsp3) is 0.500. The van der Waals surface area contributed by atoms with Crippen LogP contribution in [-0.4, -0.2) is 39.1 Å². The van der Waals surface area contributed by atoms with E-state index >= 15 is 0 Å². The van der Waals surface area contributed by atoms with Crippen molar-refractivity contribution in [2.45, 2.75) is 57.5 Å². The van der Waals surface area contributed by atoms with Gasteiger partial charge in [0.25, 0.3) is 5.91 Å². The van der Waals surface area contributed by atoms with Gasteiger partial charge >= 0.3 is 0 Å². The van der Waals surface area contributed by atoms with Crippen molar-refractivity contribution in [3.63, 3.8) is 0 Å². The summed E-state index contributed by atoms with van der Waals surface area (Å²) in [5.74, 6) is 0.0725. The molecular formula is C20H25N3O4. The van der Waals surface area contributed by atoms with E-state index in [0.29, 0.717) is 36.8 Å². The van der Waals surface area contributed by atoms with Gasteiger partial charge in [-0.3, -0.25) is 9.59 Å². The monoisotopic (exact) mass is 371 g/mol. The average molecular weight is 371 g/mol. The second-order valence-corrected chi connectivity index (χ2v) is 7.94. The Balaban J connectivity index is 1.58. The SMILES string of the molecule is CC(C)(C)c1noc(CCCC(=O)[C@@]2(O)CCN(c3ccccc3)C2=O)n1. The number of rotatable bonds is 6. The molecule has 0 aliphatic carbocycles. The van der Waals surface area contributed by atoms with Crippen LogP contribution in [0.3, 0.4) is 0 Å². The summed E-state index contributed by atoms with van der Waals surface area (Å²) in [7, 11) is 0. The molecule has 2 heterocycles. The molecule has 2 aromatic rings. The molecule has 0 unspecified atom stereocenters. The van der Waals surface area contributed by atoms with Crippen LogP contribution >= 0.6 is 0 Å². The lowest BCUT2D eigenvalue weighted by atomic mass is 9.93. The number of amides is 1. The third-order valence-electron chi connectivity index (χ3n) is 4.76. The zero-order chi connectivity index (χ0) is 19.7. The summed E-state index contributed by atoms with van der Waals surface area (Å²) in [4.78, 5) is 31.0. The topological polar surface area (TPSA) is 96.5 Å². The predicted octanol–water partition coefficient (Wildman–Crippen LogP) is 2.43. The lowest BCUT2D eigenvalue weighted by Crippen LogP contribution is -2.46. The summed E-state index contributed by atoms with van der Waals surface area (Å²) in [5, 5.41) is 14.6. The van der Waals surface area contributed by atoms with Crippen LogP contribution in [0.5, 0.6) is 0 Å². The molecule has 1 atom stereocenters. The normalized spacial score (nSPS) is 20.3. The molecule has 7 heteroatoms. The van der Waals surface area contributed by atoms with E-state index in [0.717, 1.165) is 0 Å². The first-order chi connectivity index (χ1) is 12.7. The number of benzene rings is 1. The molecule has 1 aliphatic rings. The maximum absolute atomic E-state index is 12.6. The first kappa shape index (κ1) is 19.2. The van der Waals surface area contributed by atoms with Crippen molar-refractivity contribution in [1.29, 1.82) is 0 Å². The van der Waals surface area contributed by atoms with Gasteiger partial charge in [0.05, 0.1) is 0 Å². The van der Waals surface area contributed by atoms with Crippen molar-refractivity contribution in [3.8, 4) is 0 Å². The minimum atomic E-state index is -1.94. The van der Waals surface area contributed by atoms with E-state index in [4.69, 9.17) is 4.52 Å². The van der Waals surface area contributed by atoms with Gasteiger partial charge in [-0.2, -0.15) is 4.98 Å². The Hall–Kier alpha value is -2.54. The molecule has 3 rings (SSSR count). The molecule has 1 fully saturated rings. The highest BCUT2D eigenvalue weighted by molar-refractivity contribution is 6.16. The number of aryl methyl sites for hydroxylation is 1. The molecule has 1 N–H and O–H groups in total. The van der Waals surface area contributed by atoms with Crippen LogP contribution in [0, 0.1) is 0 Å². The third kappa shape index (κ3) is 3.93. The number of ketones is 1. The quantitative estimate of drug-likeness (QED) is 0.784. The van der Waals surface area contributed by atoms with E-state index < -0.39 is 17.3 Å². The number of carbonyl (C=O) groups is 2. The van der Waals surface area contributed by atoms with E-state index in [-0.39, 0.29) is 18.3 Å². The van der Waals surface area contributed by atoms with Gasteiger partial charge in [0.1, 0.15) is 0 Å². The average Bonchev–Trinajstić information content (AvgIpc) is 3.22. The highest BCUT2D eigenvalue weighted by Crippen LogP contribution is 2.30. The van der Waals surface area contributed by atoms with Gasteiger partial charge < -0.3 is 14.5 Å². The van der Waals surface area contributed by atoms with Gasteiger partial charge in [0.2, 0.25) is 11.5 Å². The fourth-order valence-electron chi connectivity index (χ4n) is 3.09. The Morgan fingerprint density at radius 3 is 2.63 bits per heavy atom. The second-order valence-electron chi connectivity index (χ2n) is 7.94. The van der Waals surface area contributed by atoms with Crippen LogP contribution in [0.1, 0.15) is 51.7 Å². The molecule has 1 saturated heterocycles. The van der Waals surface area contributed by atoms with E-state index in [1.54, 1.807) is 12.1 Å². The van der Waals surface area contributed by atoms with Crippen LogP contribution in [0.4, 0.5) is 5.69 Å². The largest absolute Gasteiger partial charge is 0.373 e. The van der Waals surface area contributed by atoms with Crippen molar-refractivity contribution in [2.75, 3.05) is 11.4 Å². The summed E-state index contributed by atoms with van der Waals surface area (Å²) in [6.07, 6.45) is 1.05. The Labute approximate surface area is 158 Å². The van der Waals surface area contributed by atoms with Crippen LogP contribution in [0.15, 0.2) is 34.9 Å². The molecule has 1 aliphatic heterocycles. The molecule has 1 amide bonds. The van der Waals surface area contributed by atoms with E-state index in [1.165, 1.54) is 4.90 Å². The van der Waals surface area contributed by atoms with Crippen LogP contribution in [0.2, 0.25) is 0 Å². The molecule has 0 radical (unpaired) electrons. The highest BCUT2D eigenvalue weighted by Gasteiger charge is 2.50. The van der Waals surface area contributed by atoms with Crippen molar-refractivity contribution in [1.82, 2.24) is 10.1 Å². The van der Waals surface area contributed by atoms with Crippen molar-refractivity contribution in [3.05, 3.63) is 42.0 Å². The number of nitrogens with zero attached hydrogens (tertiary/aromatic N) is 3. The van der Waals surface area contributed by atoms with Crippen molar-refractivity contribution >= 4 is 17.4 Å². The Morgan fingerprint density at radius 1 is 1.30 bits per heavy atom. The maximum Gasteiger partial charge on any atom is 0.266 e. The summed E-state index contributed by atoms with van der Waals surface area (Å²) in [6.45, 7) is 6.30. The zero-order valence-corrected chi connectivity index (χ0v) is 15.9. The molecule has 144 valence electrons. The van der Waals surface area contributed by atoms with Gasteiger partial charge in [-0.05, 0) is 18.6 Å². The fourth-order valence-corrected chi connectivity index (χ4v) is 3.09. The van der Waals surface area contributed by atoms with Crippen LogP contribution in [-0.2, 0) is 21.4 Å². The maximum atomic E-state index is 12.6. The molecule has 1 aromatic heterocycles.